The standard InChI is InChI=1S/C19H23NO4/c1-4-24-19(21)20(13-15-5-9-17(22-2)10-6-15)14-16-7-11-18(23-3)12-8-16/h5-12H,4,13-14H2,1-3H3. The van der Waals surface area contributed by atoms with Gasteiger partial charge in [-0.2, -0.15) is 0 Å². The summed E-state index contributed by atoms with van der Waals surface area (Å²) in [6, 6.07) is 15.3. The van der Waals surface area contributed by atoms with Crippen LogP contribution in [0.25, 0.3) is 0 Å². The molecule has 0 aliphatic carbocycles. The van der Waals surface area contributed by atoms with Crippen molar-refractivity contribution in [3.8, 4) is 11.5 Å². The van der Waals surface area contributed by atoms with E-state index in [1.807, 2.05) is 48.5 Å². The van der Waals surface area contributed by atoms with E-state index in [1.54, 1.807) is 26.0 Å². The van der Waals surface area contributed by atoms with Gasteiger partial charge in [0.2, 0.25) is 0 Å². The third-order valence-electron chi connectivity index (χ3n) is 3.59. The average Bonchev–Trinajstić information content (AvgIpc) is 2.62. The first kappa shape index (κ1) is 17.7. The lowest BCUT2D eigenvalue weighted by molar-refractivity contribution is 0.102. The van der Waals surface area contributed by atoms with Gasteiger partial charge in [0, 0.05) is 13.1 Å². The predicted octanol–water partition coefficient (Wildman–Crippen LogP) is 3.86. The molecule has 0 fully saturated rings. The lowest BCUT2D eigenvalue weighted by Crippen LogP contribution is -2.30. The van der Waals surface area contributed by atoms with Crippen molar-refractivity contribution < 1.29 is 19.0 Å². The van der Waals surface area contributed by atoms with Crippen LogP contribution in [-0.2, 0) is 17.8 Å². The Hall–Kier alpha value is -2.69. The van der Waals surface area contributed by atoms with Crippen LogP contribution in [0.2, 0.25) is 0 Å². The van der Waals surface area contributed by atoms with Gasteiger partial charge < -0.3 is 14.2 Å². The first-order valence-electron chi connectivity index (χ1n) is 7.83. The highest BCUT2D eigenvalue weighted by atomic mass is 16.6. The number of nitrogens with zero attached hydrogens (tertiary/aromatic N) is 1. The molecule has 2 rings (SSSR count). The number of carbonyl (C=O) groups excluding carboxylic acids is 1. The molecule has 2 aromatic rings. The highest BCUT2D eigenvalue weighted by molar-refractivity contribution is 5.67. The Bertz CT molecular complexity index is 588. The second-order valence-corrected chi connectivity index (χ2v) is 5.25. The van der Waals surface area contributed by atoms with Crippen LogP contribution in [0, 0.1) is 0 Å². The minimum absolute atomic E-state index is 0.330. The SMILES string of the molecule is CCOC(=O)N(Cc1ccc(OC)cc1)Cc1ccc(OC)cc1. The molecule has 128 valence electrons. The van der Waals surface area contributed by atoms with Crippen LogP contribution in [-0.4, -0.2) is 31.8 Å². The molecule has 0 saturated heterocycles. The van der Waals surface area contributed by atoms with Crippen LogP contribution < -0.4 is 9.47 Å². The molecule has 0 N–H and O–H groups in total. The molecule has 5 nitrogen and oxygen atoms in total. The van der Waals surface area contributed by atoms with Crippen LogP contribution >= 0.6 is 0 Å². The molecule has 0 saturated carbocycles. The summed E-state index contributed by atoms with van der Waals surface area (Å²) in [7, 11) is 3.26. The number of benzene rings is 2. The van der Waals surface area contributed by atoms with Gasteiger partial charge in [-0.05, 0) is 42.3 Å². The van der Waals surface area contributed by atoms with Gasteiger partial charge >= 0.3 is 6.09 Å². The smallest absolute Gasteiger partial charge is 0.410 e. The van der Waals surface area contributed by atoms with Crippen LogP contribution in [0.1, 0.15) is 18.1 Å². The predicted molar refractivity (Wildman–Crippen MR) is 92.3 cm³/mol. The van der Waals surface area contributed by atoms with Crippen LogP contribution in [0.3, 0.4) is 0 Å². The zero-order valence-corrected chi connectivity index (χ0v) is 14.3. The summed E-state index contributed by atoms with van der Waals surface area (Å²) in [5.74, 6) is 1.58. The topological polar surface area (TPSA) is 48.0 Å². The molecule has 0 heterocycles. The van der Waals surface area contributed by atoms with Crippen LogP contribution in [0.15, 0.2) is 48.5 Å². The van der Waals surface area contributed by atoms with Crippen molar-refractivity contribution in [3.05, 3.63) is 59.7 Å². The van der Waals surface area contributed by atoms with Crippen LogP contribution in [0.4, 0.5) is 4.79 Å². The molecular weight excluding hydrogens is 306 g/mol. The van der Waals surface area contributed by atoms with E-state index in [1.165, 1.54) is 0 Å². The highest BCUT2D eigenvalue weighted by Crippen LogP contribution is 2.17. The van der Waals surface area contributed by atoms with Crippen LogP contribution in [0.5, 0.6) is 11.5 Å². The molecule has 24 heavy (non-hydrogen) atoms. The minimum atomic E-state index is -0.330. The van der Waals surface area contributed by atoms with Crippen molar-refractivity contribution in [1.29, 1.82) is 0 Å². The van der Waals surface area contributed by atoms with E-state index in [0.29, 0.717) is 19.7 Å². The lowest BCUT2D eigenvalue weighted by Gasteiger charge is -2.22. The molecule has 0 aliphatic rings. The van der Waals surface area contributed by atoms with Gasteiger partial charge in [0.25, 0.3) is 0 Å². The Morgan fingerprint density at radius 2 is 1.25 bits per heavy atom. The Labute approximate surface area is 142 Å². The van der Waals surface area contributed by atoms with Gasteiger partial charge in [-0.15, -0.1) is 0 Å². The molecule has 0 aromatic heterocycles. The normalized spacial score (nSPS) is 10.1. The number of rotatable bonds is 7. The van der Waals surface area contributed by atoms with Crippen molar-refractivity contribution in [1.82, 2.24) is 4.90 Å². The largest absolute Gasteiger partial charge is 0.497 e. The first-order chi connectivity index (χ1) is 11.7. The fourth-order valence-electron chi connectivity index (χ4n) is 2.30. The van der Waals surface area contributed by atoms with E-state index in [4.69, 9.17) is 14.2 Å². The molecule has 1 amide bonds. The van der Waals surface area contributed by atoms with Gasteiger partial charge in [0.1, 0.15) is 11.5 Å². The van der Waals surface area contributed by atoms with E-state index < -0.39 is 0 Å². The van der Waals surface area contributed by atoms with E-state index in [-0.39, 0.29) is 6.09 Å². The lowest BCUT2D eigenvalue weighted by atomic mass is 10.1. The quantitative estimate of drug-likeness (QED) is 0.774. The Morgan fingerprint density at radius 3 is 1.58 bits per heavy atom. The molecule has 0 atom stereocenters. The summed E-state index contributed by atoms with van der Waals surface area (Å²) in [5.41, 5.74) is 2.02. The van der Waals surface area contributed by atoms with Crippen molar-refractivity contribution in [2.24, 2.45) is 0 Å². The van der Waals surface area contributed by atoms with Gasteiger partial charge in [-0.3, -0.25) is 4.90 Å². The fraction of sp³-hybridized carbons (Fsp3) is 0.316. The number of amides is 1. The van der Waals surface area contributed by atoms with Gasteiger partial charge in [0.05, 0.1) is 20.8 Å². The maximum Gasteiger partial charge on any atom is 0.410 e. The van der Waals surface area contributed by atoms with Gasteiger partial charge in [0.15, 0.2) is 0 Å². The van der Waals surface area contributed by atoms with Gasteiger partial charge in [-0.1, -0.05) is 24.3 Å². The molecule has 0 aliphatic heterocycles. The number of methoxy groups -OCH3 is 2. The number of ether oxygens (including phenoxy) is 3. The summed E-state index contributed by atoms with van der Waals surface area (Å²) in [4.78, 5) is 13.9. The van der Waals surface area contributed by atoms with E-state index in [2.05, 4.69) is 0 Å². The first-order valence-corrected chi connectivity index (χ1v) is 7.83. The molecule has 0 unspecified atom stereocenters. The molecule has 2 aromatic carbocycles. The number of carbonyl (C=O) groups is 1. The van der Waals surface area contributed by atoms with Gasteiger partial charge in [-0.25, -0.2) is 4.79 Å². The third-order valence-corrected chi connectivity index (χ3v) is 3.59. The second kappa shape index (κ2) is 8.82. The summed E-state index contributed by atoms with van der Waals surface area (Å²) < 4.78 is 15.5. The van der Waals surface area contributed by atoms with E-state index in [9.17, 15) is 4.79 Å². The summed E-state index contributed by atoms with van der Waals surface area (Å²) in [5, 5.41) is 0. The number of hydrogen-bond acceptors (Lipinski definition) is 4. The maximum atomic E-state index is 12.3. The zero-order chi connectivity index (χ0) is 17.4. The van der Waals surface area contributed by atoms with Crippen molar-refractivity contribution in [2.75, 3.05) is 20.8 Å². The van der Waals surface area contributed by atoms with Crippen molar-refractivity contribution >= 4 is 6.09 Å². The second-order valence-electron chi connectivity index (χ2n) is 5.25. The van der Waals surface area contributed by atoms with Crippen molar-refractivity contribution in [3.63, 3.8) is 0 Å². The maximum absolute atomic E-state index is 12.3. The summed E-state index contributed by atoms with van der Waals surface area (Å²) in [6.07, 6.45) is -0.330. The fourth-order valence-corrected chi connectivity index (χ4v) is 2.30. The molecule has 0 spiro atoms. The average molecular weight is 329 g/mol. The zero-order valence-electron chi connectivity index (χ0n) is 14.3. The highest BCUT2D eigenvalue weighted by Gasteiger charge is 2.16. The van der Waals surface area contributed by atoms with E-state index >= 15 is 0 Å². The summed E-state index contributed by atoms with van der Waals surface area (Å²) in [6.45, 7) is 3.08. The Kier molecular flexibility index (Phi) is 6.49. The number of hydrogen-bond donors (Lipinski definition) is 0. The molecular formula is C19H23NO4. The minimum Gasteiger partial charge on any atom is -0.497 e. The Morgan fingerprint density at radius 1 is 0.833 bits per heavy atom. The molecule has 0 bridgehead atoms. The van der Waals surface area contributed by atoms with Crippen molar-refractivity contribution in [2.45, 2.75) is 20.0 Å². The van der Waals surface area contributed by atoms with E-state index in [0.717, 1.165) is 22.6 Å². The third kappa shape index (κ3) is 4.91. The summed E-state index contributed by atoms with van der Waals surface area (Å²) >= 11 is 0. The Balaban J connectivity index is 2.11. The molecule has 0 radical (unpaired) electrons. The molecule has 5 heteroatoms. The monoisotopic (exact) mass is 329 g/mol.